The summed E-state index contributed by atoms with van der Waals surface area (Å²) in [4.78, 5) is 25.0. The first kappa shape index (κ1) is 21.4. The molecule has 1 aromatic heterocycles. The molecule has 1 atom stereocenters. The maximum Gasteiger partial charge on any atom is 0.451 e. The highest BCUT2D eigenvalue weighted by Crippen LogP contribution is 2.44. The Bertz CT molecular complexity index is 1020. The van der Waals surface area contributed by atoms with Gasteiger partial charge >= 0.3 is 6.18 Å². The molecule has 3 heterocycles. The van der Waals surface area contributed by atoms with Gasteiger partial charge in [-0.25, -0.2) is 9.97 Å². The number of aromatic nitrogens is 2. The van der Waals surface area contributed by atoms with Crippen LogP contribution in [0.15, 0.2) is 24.3 Å². The van der Waals surface area contributed by atoms with Crippen molar-refractivity contribution in [1.29, 1.82) is 0 Å². The lowest BCUT2D eigenvalue weighted by Gasteiger charge is -2.41. The number of aliphatic hydroxyl groups is 1. The fourth-order valence-electron chi connectivity index (χ4n) is 5.68. The number of nitrogens with zero attached hydrogens (tertiary/aromatic N) is 4. The maximum atomic E-state index is 13.6. The highest BCUT2D eigenvalue weighted by molar-refractivity contribution is 5.91. The van der Waals surface area contributed by atoms with Gasteiger partial charge in [0.2, 0.25) is 11.7 Å². The van der Waals surface area contributed by atoms with Gasteiger partial charge in [-0.15, -0.1) is 0 Å². The number of hydrogen-bond acceptors (Lipinski definition) is 5. The third kappa shape index (κ3) is 3.70. The molecular weight excluding hydrogens is 421 g/mol. The first-order chi connectivity index (χ1) is 15.3. The predicted octanol–water partition coefficient (Wildman–Crippen LogP) is 3.77. The Hall–Kier alpha value is -2.42. The van der Waals surface area contributed by atoms with Gasteiger partial charge in [0.15, 0.2) is 0 Å². The van der Waals surface area contributed by atoms with Gasteiger partial charge in [0.05, 0.1) is 17.0 Å². The number of alkyl halides is 3. The Morgan fingerprint density at radius 3 is 2.53 bits per heavy atom. The largest absolute Gasteiger partial charge is 0.451 e. The Morgan fingerprint density at radius 2 is 1.78 bits per heavy atom. The fraction of sp³-hybridized carbons (Fsp3) is 0.609. The van der Waals surface area contributed by atoms with E-state index in [1.165, 1.54) is 0 Å². The van der Waals surface area contributed by atoms with Crippen molar-refractivity contribution in [2.24, 2.45) is 5.41 Å². The van der Waals surface area contributed by atoms with Crippen LogP contribution >= 0.6 is 0 Å². The summed E-state index contributed by atoms with van der Waals surface area (Å²) in [7, 11) is 0. The van der Waals surface area contributed by atoms with Gasteiger partial charge in [-0.2, -0.15) is 13.2 Å². The zero-order valence-electron chi connectivity index (χ0n) is 17.8. The Morgan fingerprint density at radius 1 is 1.03 bits per heavy atom. The molecule has 1 aromatic carbocycles. The van der Waals surface area contributed by atoms with Crippen molar-refractivity contribution >= 4 is 22.6 Å². The van der Waals surface area contributed by atoms with E-state index in [4.69, 9.17) is 0 Å². The van der Waals surface area contributed by atoms with Crippen LogP contribution in [0.2, 0.25) is 0 Å². The molecule has 9 heteroatoms. The third-order valence-corrected chi connectivity index (χ3v) is 7.37. The number of anilines is 1. The number of amides is 1. The molecule has 0 bridgehead atoms. The standard InChI is InChI=1S/C23H27F3N4O2/c24-23(25,26)20-27-18-5-2-1-4-17(18)19(28-20)29-12-3-10-22(14-29)11-13-30(21(22)32)15-6-8-16(31)9-7-15/h1-2,4-5,15-16,31H,3,6-14H2/t15-,16-,22-/m0/s1. The molecular formula is C23H27F3N4O2. The minimum atomic E-state index is -4.64. The molecule has 1 amide bonds. The summed E-state index contributed by atoms with van der Waals surface area (Å²) in [6.07, 6.45) is 0.273. The molecule has 172 valence electrons. The molecule has 3 fully saturated rings. The SMILES string of the molecule is O=C1N([C@H]2CC[C@H](O)CC2)CC[C@]12CCCN(c1nc(C(F)(F)F)nc3ccccc13)C2. The normalized spacial score (nSPS) is 29.3. The van der Waals surface area contributed by atoms with Crippen LogP contribution in [0.25, 0.3) is 10.9 Å². The van der Waals surface area contributed by atoms with Crippen molar-refractivity contribution in [3.8, 4) is 0 Å². The van der Waals surface area contributed by atoms with Crippen molar-refractivity contribution in [3.05, 3.63) is 30.1 Å². The number of benzene rings is 1. The summed E-state index contributed by atoms with van der Waals surface area (Å²) >= 11 is 0. The average Bonchev–Trinajstić information content (AvgIpc) is 3.08. The van der Waals surface area contributed by atoms with E-state index >= 15 is 0 Å². The molecule has 0 unspecified atom stereocenters. The molecule has 1 aliphatic carbocycles. The number of para-hydroxylation sites is 1. The lowest BCUT2D eigenvalue weighted by atomic mass is 9.78. The number of fused-ring (bicyclic) bond motifs is 1. The molecule has 1 saturated carbocycles. The van der Waals surface area contributed by atoms with Crippen molar-refractivity contribution in [1.82, 2.24) is 14.9 Å². The maximum absolute atomic E-state index is 13.6. The van der Waals surface area contributed by atoms with Gasteiger partial charge in [0.25, 0.3) is 0 Å². The zero-order valence-corrected chi connectivity index (χ0v) is 17.8. The number of carbonyl (C=O) groups is 1. The molecule has 32 heavy (non-hydrogen) atoms. The van der Waals surface area contributed by atoms with Crippen LogP contribution in [0.5, 0.6) is 0 Å². The fourth-order valence-corrected chi connectivity index (χ4v) is 5.68. The highest BCUT2D eigenvalue weighted by atomic mass is 19.4. The molecule has 6 nitrogen and oxygen atoms in total. The smallest absolute Gasteiger partial charge is 0.393 e. The molecule has 1 spiro atoms. The van der Waals surface area contributed by atoms with Crippen LogP contribution in [0.1, 0.15) is 50.8 Å². The lowest BCUT2D eigenvalue weighted by molar-refractivity contribution is -0.144. The lowest BCUT2D eigenvalue weighted by Crippen LogP contribution is -2.50. The van der Waals surface area contributed by atoms with Crippen LogP contribution in [0.3, 0.4) is 0 Å². The van der Waals surface area contributed by atoms with Crippen LogP contribution < -0.4 is 4.90 Å². The second-order valence-corrected chi connectivity index (χ2v) is 9.40. The van der Waals surface area contributed by atoms with Crippen molar-refractivity contribution in [2.45, 2.75) is 63.3 Å². The predicted molar refractivity (Wildman–Crippen MR) is 113 cm³/mol. The molecule has 0 radical (unpaired) electrons. The summed E-state index contributed by atoms with van der Waals surface area (Å²) in [6, 6.07) is 6.88. The highest BCUT2D eigenvalue weighted by Gasteiger charge is 2.51. The molecule has 2 saturated heterocycles. The second kappa shape index (κ2) is 7.86. The zero-order chi connectivity index (χ0) is 22.5. The number of halogens is 3. The van der Waals surface area contributed by atoms with Gasteiger partial charge in [0.1, 0.15) is 5.82 Å². The second-order valence-electron chi connectivity index (χ2n) is 9.40. The van der Waals surface area contributed by atoms with Gasteiger partial charge in [-0.3, -0.25) is 4.79 Å². The average molecular weight is 448 g/mol. The van der Waals surface area contributed by atoms with Gasteiger partial charge < -0.3 is 14.9 Å². The Kier molecular flexibility index (Phi) is 5.27. The van der Waals surface area contributed by atoms with E-state index < -0.39 is 17.4 Å². The summed E-state index contributed by atoms with van der Waals surface area (Å²) in [5.74, 6) is -0.780. The summed E-state index contributed by atoms with van der Waals surface area (Å²) in [6.45, 7) is 1.60. The minimum Gasteiger partial charge on any atom is -0.393 e. The van der Waals surface area contributed by atoms with Crippen molar-refractivity contribution < 1.29 is 23.1 Å². The molecule has 2 aliphatic heterocycles. The van der Waals surface area contributed by atoms with Crippen molar-refractivity contribution in [3.63, 3.8) is 0 Å². The first-order valence-electron chi connectivity index (χ1n) is 11.3. The van der Waals surface area contributed by atoms with Crippen LogP contribution in [0.4, 0.5) is 19.0 Å². The van der Waals surface area contributed by atoms with Crippen LogP contribution in [-0.4, -0.2) is 57.7 Å². The van der Waals surface area contributed by atoms with Gasteiger partial charge in [-0.1, -0.05) is 12.1 Å². The van der Waals surface area contributed by atoms with Crippen LogP contribution in [0, 0.1) is 5.41 Å². The van der Waals surface area contributed by atoms with E-state index in [2.05, 4.69) is 9.97 Å². The van der Waals surface area contributed by atoms with E-state index in [1.807, 2.05) is 9.80 Å². The quantitative estimate of drug-likeness (QED) is 0.758. The van der Waals surface area contributed by atoms with E-state index in [0.717, 1.165) is 25.7 Å². The van der Waals surface area contributed by atoms with E-state index in [9.17, 15) is 23.1 Å². The number of piperidine rings is 1. The van der Waals surface area contributed by atoms with Gasteiger partial charge in [-0.05, 0) is 57.1 Å². The number of aliphatic hydroxyl groups excluding tert-OH is 1. The topological polar surface area (TPSA) is 69.6 Å². The minimum absolute atomic E-state index is 0.109. The molecule has 1 N–H and O–H groups in total. The molecule has 5 rings (SSSR count). The van der Waals surface area contributed by atoms with E-state index in [0.29, 0.717) is 44.3 Å². The monoisotopic (exact) mass is 448 g/mol. The molecule has 3 aliphatic rings. The van der Waals surface area contributed by atoms with Gasteiger partial charge in [0, 0.05) is 31.1 Å². The number of rotatable bonds is 2. The van der Waals surface area contributed by atoms with Crippen LogP contribution in [-0.2, 0) is 11.0 Å². The van der Waals surface area contributed by atoms with Crippen molar-refractivity contribution in [2.75, 3.05) is 24.5 Å². The van der Waals surface area contributed by atoms with E-state index in [-0.39, 0.29) is 29.4 Å². The summed E-state index contributed by atoms with van der Waals surface area (Å²) in [5, 5.41) is 10.4. The number of hydrogen-bond donors (Lipinski definition) is 1. The molecule has 2 aromatic rings. The van der Waals surface area contributed by atoms with E-state index in [1.54, 1.807) is 24.3 Å². The Balaban J connectivity index is 1.45. The summed E-state index contributed by atoms with van der Waals surface area (Å²) in [5.41, 5.74) is -0.330. The third-order valence-electron chi connectivity index (χ3n) is 7.37. The summed E-state index contributed by atoms with van der Waals surface area (Å²) < 4.78 is 40.4. The number of carbonyl (C=O) groups excluding carboxylic acids is 1. The Labute approximate surface area is 184 Å². The first-order valence-corrected chi connectivity index (χ1v) is 11.3. The number of likely N-dealkylation sites (tertiary alicyclic amines) is 1.